The van der Waals surface area contributed by atoms with E-state index in [2.05, 4.69) is 17.1 Å². The zero-order chi connectivity index (χ0) is 13.8. The Morgan fingerprint density at radius 3 is 2.74 bits per heavy atom. The summed E-state index contributed by atoms with van der Waals surface area (Å²) in [6.07, 6.45) is 2.08. The second-order valence-corrected chi connectivity index (χ2v) is 5.35. The van der Waals surface area contributed by atoms with Crippen molar-refractivity contribution in [2.75, 3.05) is 19.6 Å². The molecule has 1 unspecified atom stereocenters. The molecule has 2 heterocycles. The number of carbonyl (C=O) groups excluding carboxylic acids is 1. The Kier molecular flexibility index (Phi) is 4.61. The van der Waals surface area contributed by atoms with E-state index >= 15 is 0 Å². The van der Waals surface area contributed by atoms with Crippen LogP contribution in [0.25, 0.3) is 0 Å². The lowest BCUT2D eigenvalue weighted by molar-refractivity contribution is -0.119. The molecule has 1 aromatic heterocycles. The molecule has 1 aliphatic heterocycles. The third-order valence-electron chi connectivity index (χ3n) is 3.64. The fraction of sp³-hybridized carbons (Fsp3) is 0.643. The Hall–Kier alpha value is -1.33. The van der Waals surface area contributed by atoms with Crippen molar-refractivity contribution in [3.8, 4) is 0 Å². The van der Waals surface area contributed by atoms with E-state index in [-0.39, 0.29) is 11.9 Å². The summed E-state index contributed by atoms with van der Waals surface area (Å²) in [5.41, 5.74) is 5.21. The number of furan rings is 1. The van der Waals surface area contributed by atoms with E-state index in [4.69, 9.17) is 10.2 Å². The number of carbonyl (C=O) groups is 1. The molecule has 1 amide bonds. The third kappa shape index (κ3) is 4.08. The fourth-order valence-corrected chi connectivity index (χ4v) is 2.60. The standard InChI is InChI=1S/C14H23N3O2/c1-10-3-4-13(19-10)11(2)16-12-5-7-17(8-6-12)9-14(15)18/h3-4,11-12,16H,5-9H2,1-2H3,(H2,15,18). The highest BCUT2D eigenvalue weighted by Crippen LogP contribution is 2.19. The highest BCUT2D eigenvalue weighted by molar-refractivity contribution is 5.75. The first-order chi connectivity index (χ1) is 9.04. The van der Waals surface area contributed by atoms with E-state index in [1.807, 2.05) is 19.1 Å². The molecule has 19 heavy (non-hydrogen) atoms. The van der Waals surface area contributed by atoms with Crippen LogP contribution in [0.4, 0.5) is 0 Å². The second-order valence-electron chi connectivity index (χ2n) is 5.35. The minimum absolute atomic E-state index is 0.224. The van der Waals surface area contributed by atoms with Crippen molar-refractivity contribution >= 4 is 5.91 Å². The minimum atomic E-state index is -0.245. The van der Waals surface area contributed by atoms with Gasteiger partial charge < -0.3 is 15.5 Å². The van der Waals surface area contributed by atoms with Crippen LogP contribution in [0.2, 0.25) is 0 Å². The quantitative estimate of drug-likeness (QED) is 0.839. The van der Waals surface area contributed by atoms with Gasteiger partial charge in [-0.15, -0.1) is 0 Å². The molecule has 1 aliphatic rings. The summed E-state index contributed by atoms with van der Waals surface area (Å²) in [5.74, 6) is 1.68. The molecular weight excluding hydrogens is 242 g/mol. The van der Waals surface area contributed by atoms with E-state index in [0.29, 0.717) is 12.6 Å². The summed E-state index contributed by atoms with van der Waals surface area (Å²) < 4.78 is 5.63. The van der Waals surface area contributed by atoms with Crippen LogP contribution in [0, 0.1) is 6.92 Å². The van der Waals surface area contributed by atoms with Gasteiger partial charge in [-0.25, -0.2) is 0 Å². The van der Waals surface area contributed by atoms with E-state index in [9.17, 15) is 4.79 Å². The lowest BCUT2D eigenvalue weighted by Gasteiger charge is -2.32. The van der Waals surface area contributed by atoms with Gasteiger partial charge >= 0.3 is 0 Å². The summed E-state index contributed by atoms with van der Waals surface area (Å²) in [6, 6.07) is 4.71. The van der Waals surface area contributed by atoms with Crippen LogP contribution < -0.4 is 11.1 Å². The number of rotatable bonds is 5. The average molecular weight is 265 g/mol. The molecule has 1 atom stereocenters. The molecule has 1 saturated heterocycles. The van der Waals surface area contributed by atoms with Gasteiger partial charge in [0.2, 0.25) is 5.91 Å². The van der Waals surface area contributed by atoms with Gasteiger partial charge in [0.25, 0.3) is 0 Å². The third-order valence-corrected chi connectivity index (χ3v) is 3.64. The van der Waals surface area contributed by atoms with Gasteiger partial charge in [-0.3, -0.25) is 9.69 Å². The van der Waals surface area contributed by atoms with E-state index in [0.717, 1.165) is 37.5 Å². The summed E-state index contributed by atoms with van der Waals surface area (Å²) in [6.45, 7) is 6.29. The highest BCUT2D eigenvalue weighted by atomic mass is 16.3. The Balaban J connectivity index is 1.77. The summed E-state index contributed by atoms with van der Waals surface area (Å²) >= 11 is 0. The van der Waals surface area contributed by atoms with Crippen molar-refractivity contribution in [1.29, 1.82) is 0 Å². The fourth-order valence-electron chi connectivity index (χ4n) is 2.60. The number of primary amides is 1. The number of amides is 1. The summed E-state index contributed by atoms with van der Waals surface area (Å²) in [5, 5.41) is 3.59. The summed E-state index contributed by atoms with van der Waals surface area (Å²) in [7, 11) is 0. The van der Waals surface area contributed by atoms with Gasteiger partial charge in [0.15, 0.2) is 0 Å². The lowest BCUT2D eigenvalue weighted by atomic mass is 10.0. The van der Waals surface area contributed by atoms with Crippen molar-refractivity contribution in [2.24, 2.45) is 5.73 Å². The van der Waals surface area contributed by atoms with Gasteiger partial charge in [0.1, 0.15) is 11.5 Å². The number of likely N-dealkylation sites (tertiary alicyclic amines) is 1. The maximum atomic E-state index is 10.9. The van der Waals surface area contributed by atoms with E-state index in [1.165, 1.54) is 0 Å². The molecule has 0 saturated carbocycles. The first-order valence-corrected chi connectivity index (χ1v) is 6.87. The SMILES string of the molecule is Cc1ccc(C(C)NC2CCN(CC(N)=O)CC2)o1. The molecule has 3 N–H and O–H groups in total. The molecule has 1 fully saturated rings. The van der Waals surface area contributed by atoms with Gasteiger partial charge in [-0.05, 0) is 38.8 Å². The van der Waals surface area contributed by atoms with Crippen molar-refractivity contribution in [3.63, 3.8) is 0 Å². The molecular formula is C14H23N3O2. The van der Waals surface area contributed by atoms with Crippen LogP contribution in [0.5, 0.6) is 0 Å². The van der Waals surface area contributed by atoms with Gasteiger partial charge in [0, 0.05) is 19.1 Å². The maximum absolute atomic E-state index is 10.9. The Morgan fingerprint density at radius 2 is 2.21 bits per heavy atom. The smallest absolute Gasteiger partial charge is 0.231 e. The van der Waals surface area contributed by atoms with Crippen LogP contribution in [0.1, 0.15) is 37.3 Å². The molecule has 0 spiro atoms. The summed E-state index contributed by atoms with van der Waals surface area (Å²) in [4.78, 5) is 13.0. The maximum Gasteiger partial charge on any atom is 0.231 e. The predicted octanol–water partition coefficient (Wildman–Crippen LogP) is 1.19. The van der Waals surface area contributed by atoms with Crippen LogP contribution in [-0.2, 0) is 4.79 Å². The average Bonchev–Trinajstić information content (AvgIpc) is 2.78. The van der Waals surface area contributed by atoms with Crippen molar-refractivity contribution in [2.45, 2.75) is 38.8 Å². The Bertz CT molecular complexity index is 422. The number of piperidine rings is 1. The number of nitrogens with one attached hydrogen (secondary N) is 1. The number of aryl methyl sites for hydroxylation is 1. The molecule has 2 rings (SSSR count). The minimum Gasteiger partial charge on any atom is -0.465 e. The first kappa shape index (κ1) is 14.1. The largest absolute Gasteiger partial charge is 0.465 e. The molecule has 106 valence electrons. The van der Waals surface area contributed by atoms with Crippen molar-refractivity contribution in [1.82, 2.24) is 10.2 Å². The second kappa shape index (κ2) is 6.21. The normalized spacial score (nSPS) is 19.5. The van der Waals surface area contributed by atoms with Gasteiger partial charge in [-0.2, -0.15) is 0 Å². The van der Waals surface area contributed by atoms with Gasteiger partial charge in [-0.1, -0.05) is 0 Å². The lowest BCUT2D eigenvalue weighted by Crippen LogP contribution is -2.45. The topological polar surface area (TPSA) is 71.5 Å². The van der Waals surface area contributed by atoms with E-state index in [1.54, 1.807) is 0 Å². The van der Waals surface area contributed by atoms with Crippen LogP contribution in [0.3, 0.4) is 0 Å². The first-order valence-electron chi connectivity index (χ1n) is 6.87. The predicted molar refractivity (Wildman–Crippen MR) is 73.7 cm³/mol. The Morgan fingerprint density at radius 1 is 1.53 bits per heavy atom. The zero-order valence-electron chi connectivity index (χ0n) is 11.7. The molecule has 5 heteroatoms. The van der Waals surface area contributed by atoms with Gasteiger partial charge in [0.05, 0.1) is 12.6 Å². The highest BCUT2D eigenvalue weighted by Gasteiger charge is 2.22. The van der Waals surface area contributed by atoms with Crippen molar-refractivity contribution < 1.29 is 9.21 Å². The monoisotopic (exact) mass is 265 g/mol. The van der Waals surface area contributed by atoms with Crippen LogP contribution >= 0.6 is 0 Å². The van der Waals surface area contributed by atoms with Crippen LogP contribution in [-0.4, -0.2) is 36.5 Å². The molecule has 5 nitrogen and oxygen atoms in total. The zero-order valence-corrected chi connectivity index (χ0v) is 11.7. The molecule has 0 radical (unpaired) electrons. The Labute approximate surface area is 114 Å². The van der Waals surface area contributed by atoms with Crippen LogP contribution in [0.15, 0.2) is 16.5 Å². The molecule has 1 aromatic rings. The molecule has 0 aromatic carbocycles. The molecule has 0 bridgehead atoms. The number of nitrogens with zero attached hydrogens (tertiary/aromatic N) is 1. The number of nitrogens with two attached hydrogens (primary N) is 1. The number of hydrogen-bond acceptors (Lipinski definition) is 4. The molecule has 0 aliphatic carbocycles. The number of hydrogen-bond donors (Lipinski definition) is 2. The van der Waals surface area contributed by atoms with E-state index < -0.39 is 0 Å². The van der Waals surface area contributed by atoms with Crippen molar-refractivity contribution in [3.05, 3.63) is 23.7 Å².